The number of carbonyl (C=O) groups is 2. The summed E-state index contributed by atoms with van der Waals surface area (Å²) in [5, 5.41) is 16.1. The van der Waals surface area contributed by atoms with Crippen molar-refractivity contribution in [3.05, 3.63) is 53.1 Å². The Kier molecular flexibility index (Phi) is 5.60. The first-order valence-electron chi connectivity index (χ1n) is 10.3. The van der Waals surface area contributed by atoms with Gasteiger partial charge in [0.25, 0.3) is 11.8 Å². The Morgan fingerprint density at radius 2 is 2.06 bits per heavy atom. The maximum Gasteiger partial charge on any atom is 0.269 e. The number of amides is 2. The van der Waals surface area contributed by atoms with Gasteiger partial charge in [0.05, 0.1) is 29.9 Å². The van der Waals surface area contributed by atoms with E-state index in [1.54, 1.807) is 16.5 Å². The molecular formula is C22H24ClF2N5O3. The van der Waals surface area contributed by atoms with Crippen molar-refractivity contribution >= 4 is 29.1 Å². The van der Waals surface area contributed by atoms with Crippen LogP contribution in [0.2, 0.25) is 5.02 Å². The molecule has 0 bridgehead atoms. The number of nitrogens with one attached hydrogen (secondary N) is 2. The minimum atomic E-state index is -2.84. The molecule has 1 atom stereocenters. The number of imidazole rings is 1. The van der Waals surface area contributed by atoms with E-state index in [9.17, 15) is 23.5 Å². The van der Waals surface area contributed by atoms with E-state index < -0.39 is 11.3 Å². The molecule has 2 aromatic rings. The van der Waals surface area contributed by atoms with E-state index in [0.717, 1.165) is 0 Å². The highest BCUT2D eigenvalue weighted by molar-refractivity contribution is 6.31. The molecule has 1 unspecified atom stereocenters. The molecular weight excluding hydrogens is 456 g/mol. The number of hydrogen-bond donors (Lipinski definition) is 3. The molecule has 1 aliphatic heterocycles. The number of aromatic hydroxyl groups is 1. The summed E-state index contributed by atoms with van der Waals surface area (Å²) in [6.07, 6.45) is 2.36. The first kappa shape index (κ1) is 23.0. The highest BCUT2D eigenvalue weighted by Crippen LogP contribution is 2.63. The normalized spacial score (nSPS) is 21.3. The summed E-state index contributed by atoms with van der Waals surface area (Å²) in [5.74, 6) is -3.03. The molecule has 33 heavy (non-hydrogen) atoms. The second kappa shape index (κ2) is 8.02. The number of anilines is 1. The zero-order valence-electron chi connectivity index (χ0n) is 18.2. The third-order valence-corrected chi connectivity index (χ3v) is 6.71. The number of phenolic OH excluding ortho intramolecular Hbond substituents is 1. The Morgan fingerprint density at radius 1 is 1.39 bits per heavy atom. The zero-order chi connectivity index (χ0) is 24.1. The fourth-order valence-electron chi connectivity index (χ4n) is 3.95. The lowest BCUT2D eigenvalue weighted by atomic mass is 9.96. The number of hydrogen-bond acceptors (Lipinski definition) is 5. The lowest BCUT2D eigenvalue weighted by Crippen LogP contribution is -2.60. The highest BCUT2D eigenvalue weighted by atomic mass is 35.5. The van der Waals surface area contributed by atoms with E-state index in [-0.39, 0.29) is 52.8 Å². The molecule has 2 heterocycles. The molecule has 8 nitrogen and oxygen atoms in total. The molecule has 1 aromatic carbocycles. The molecule has 1 saturated carbocycles. The lowest BCUT2D eigenvalue weighted by molar-refractivity contribution is -0.130. The van der Waals surface area contributed by atoms with Gasteiger partial charge in [0, 0.05) is 37.6 Å². The molecule has 0 radical (unpaired) electrons. The van der Waals surface area contributed by atoms with Crippen molar-refractivity contribution in [1.29, 1.82) is 0 Å². The van der Waals surface area contributed by atoms with Crippen LogP contribution < -0.4 is 10.6 Å². The van der Waals surface area contributed by atoms with E-state index in [2.05, 4.69) is 22.2 Å². The number of carbonyl (C=O) groups excluding carboxylic acids is 2. The van der Waals surface area contributed by atoms with Crippen LogP contribution in [-0.4, -0.2) is 56.4 Å². The first-order valence-corrected chi connectivity index (χ1v) is 10.7. The first-order chi connectivity index (χ1) is 15.5. The van der Waals surface area contributed by atoms with Crippen molar-refractivity contribution < 1.29 is 23.5 Å². The predicted octanol–water partition coefficient (Wildman–Crippen LogP) is 2.81. The van der Waals surface area contributed by atoms with E-state index in [1.807, 2.05) is 0 Å². The average molecular weight is 480 g/mol. The summed E-state index contributed by atoms with van der Waals surface area (Å²) in [6.45, 7) is 5.84. The van der Waals surface area contributed by atoms with Crippen LogP contribution in [0, 0.1) is 0 Å². The van der Waals surface area contributed by atoms with Gasteiger partial charge < -0.3 is 25.2 Å². The zero-order valence-corrected chi connectivity index (χ0v) is 18.9. The van der Waals surface area contributed by atoms with Gasteiger partial charge in [-0.1, -0.05) is 18.2 Å². The van der Waals surface area contributed by atoms with Crippen LogP contribution in [0.15, 0.2) is 31.0 Å². The monoisotopic (exact) mass is 479 g/mol. The van der Waals surface area contributed by atoms with Crippen molar-refractivity contribution in [2.45, 2.75) is 37.3 Å². The molecule has 11 heteroatoms. The molecule has 1 saturated heterocycles. The third-order valence-electron chi connectivity index (χ3n) is 6.39. The Balaban J connectivity index is 1.41. The Labute approximate surface area is 194 Å². The Hall–Kier alpha value is -3.14. The minimum absolute atomic E-state index is 0.0815. The van der Waals surface area contributed by atoms with Crippen molar-refractivity contribution in [2.24, 2.45) is 7.05 Å². The number of alkyl halides is 2. The second-order valence-corrected chi connectivity index (χ2v) is 9.06. The van der Waals surface area contributed by atoms with Gasteiger partial charge in [0.15, 0.2) is 0 Å². The predicted molar refractivity (Wildman–Crippen MR) is 119 cm³/mol. The summed E-state index contributed by atoms with van der Waals surface area (Å²) < 4.78 is 29.3. The summed E-state index contributed by atoms with van der Waals surface area (Å²) >= 11 is 6.12. The Bertz CT molecular complexity index is 1150. The second-order valence-electron chi connectivity index (χ2n) is 8.65. The van der Waals surface area contributed by atoms with Crippen LogP contribution in [-0.2, 0) is 23.8 Å². The van der Waals surface area contributed by atoms with Crippen molar-refractivity contribution in [1.82, 2.24) is 19.8 Å². The average Bonchev–Trinajstić information content (AvgIpc) is 3.03. The topological polar surface area (TPSA) is 99.5 Å². The molecule has 3 N–H and O–H groups in total. The molecule has 0 spiro atoms. The highest BCUT2D eigenvalue weighted by Gasteiger charge is 2.69. The van der Waals surface area contributed by atoms with Gasteiger partial charge >= 0.3 is 0 Å². The molecule has 1 aliphatic carbocycles. The molecule has 1 aromatic heterocycles. The summed E-state index contributed by atoms with van der Waals surface area (Å²) in [6, 6.07) is 2.53. The molecule has 176 valence electrons. The maximum absolute atomic E-state index is 13.8. The van der Waals surface area contributed by atoms with Crippen LogP contribution in [0.5, 0.6) is 5.75 Å². The SMILES string of the molecule is C=CC(=O)N1CC(NC(=O)c2cnc(CNc3cc(C4(C)CC4(F)F)c(Cl)cc3O)n2C)C1. The van der Waals surface area contributed by atoms with Crippen molar-refractivity contribution in [3.63, 3.8) is 0 Å². The smallest absolute Gasteiger partial charge is 0.269 e. The number of phenols is 1. The van der Waals surface area contributed by atoms with Crippen LogP contribution in [0.3, 0.4) is 0 Å². The van der Waals surface area contributed by atoms with Crippen LogP contribution >= 0.6 is 11.6 Å². The van der Waals surface area contributed by atoms with Crippen molar-refractivity contribution in [3.8, 4) is 5.75 Å². The van der Waals surface area contributed by atoms with E-state index in [4.69, 9.17) is 11.6 Å². The van der Waals surface area contributed by atoms with Gasteiger partial charge in [0.1, 0.15) is 17.3 Å². The van der Waals surface area contributed by atoms with E-state index in [1.165, 1.54) is 31.3 Å². The standard InChI is InChI=1S/C22H24ClF2N5O3/c1-4-19(32)30-9-12(10-30)28-20(33)16-7-27-18(29(16)3)8-26-15-5-13(14(23)6-17(15)31)21(2)11-22(21,24)25/h4-7,12,26,31H,1,8-11H2,2-3H3,(H,28,33). The largest absolute Gasteiger partial charge is 0.506 e. The summed E-state index contributed by atoms with van der Waals surface area (Å²) in [7, 11) is 1.67. The summed E-state index contributed by atoms with van der Waals surface area (Å²) in [4.78, 5) is 29.9. The fraction of sp³-hybridized carbons (Fsp3) is 0.409. The fourth-order valence-corrected chi connectivity index (χ4v) is 4.32. The number of benzene rings is 1. The van der Waals surface area contributed by atoms with Gasteiger partial charge in [-0.2, -0.15) is 0 Å². The number of aromatic nitrogens is 2. The molecule has 2 amide bonds. The summed E-state index contributed by atoms with van der Waals surface area (Å²) in [5.41, 5.74) is -0.533. The Morgan fingerprint density at radius 3 is 2.67 bits per heavy atom. The number of halogens is 3. The van der Waals surface area contributed by atoms with E-state index >= 15 is 0 Å². The number of nitrogens with zero attached hydrogens (tertiary/aromatic N) is 3. The van der Waals surface area contributed by atoms with Crippen LogP contribution in [0.4, 0.5) is 14.5 Å². The van der Waals surface area contributed by atoms with Gasteiger partial charge in [-0.3, -0.25) is 9.59 Å². The minimum Gasteiger partial charge on any atom is -0.506 e. The number of rotatable bonds is 7. The van der Waals surface area contributed by atoms with Crippen LogP contribution in [0.25, 0.3) is 0 Å². The molecule has 2 fully saturated rings. The third kappa shape index (κ3) is 4.03. The molecule has 2 aliphatic rings. The van der Waals surface area contributed by atoms with E-state index in [0.29, 0.717) is 24.6 Å². The van der Waals surface area contributed by atoms with Crippen molar-refractivity contribution in [2.75, 3.05) is 18.4 Å². The van der Waals surface area contributed by atoms with Crippen LogP contribution in [0.1, 0.15) is 35.2 Å². The van der Waals surface area contributed by atoms with Gasteiger partial charge in [-0.05, 0) is 24.6 Å². The number of likely N-dealkylation sites (tertiary alicyclic amines) is 1. The lowest BCUT2D eigenvalue weighted by Gasteiger charge is -2.38. The maximum atomic E-state index is 13.8. The van der Waals surface area contributed by atoms with Gasteiger partial charge in [0.2, 0.25) is 5.91 Å². The molecule has 4 rings (SSSR count). The van der Waals surface area contributed by atoms with Gasteiger partial charge in [-0.25, -0.2) is 13.8 Å². The quantitative estimate of drug-likeness (QED) is 0.419. The van der Waals surface area contributed by atoms with Gasteiger partial charge in [-0.15, -0.1) is 0 Å².